The van der Waals surface area contributed by atoms with Crippen LogP contribution in [0.5, 0.6) is 0 Å². The van der Waals surface area contributed by atoms with Crippen molar-refractivity contribution < 1.29 is 0 Å². The van der Waals surface area contributed by atoms with Crippen LogP contribution < -0.4 is 5.32 Å². The fraction of sp³-hybridized carbons (Fsp3) is 0.500. The lowest BCUT2D eigenvalue weighted by atomic mass is 9.87. The van der Waals surface area contributed by atoms with Crippen LogP contribution in [0.25, 0.3) is 0 Å². The number of nitrogens with zero attached hydrogens (tertiary/aromatic N) is 1. The highest BCUT2D eigenvalue weighted by atomic mass is 14.9. The first-order valence-corrected chi connectivity index (χ1v) is 6.08. The summed E-state index contributed by atoms with van der Waals surface area (Å²) in [6.07, 6.45) is 4.42. The molecule has 0 spiro atoms. The molecular formula is C14H18N2. The minimum absolute atomic E-state index is 0.0174. The Kier molecular flexibility index (Phi) is 3.58. The molecule has 0 aromatic heterocycles. The molecular weight excluding hydrogens is 196 g/mol. The second-order valence-corrected chi connectivity index (χ2v) is 4.40. The SMILES string of the molecule is CCC(C#N)NC1CCCc2ccccc21. The summed E-state index contributed by atoms with van der Waals surface area (Å²) >= 11 is 0. The predicted molar refractivity (Wildman–Crippen MR) is 64.9 cm³/mol. The molecule has 1 aliphatic carbocycles. The first-order chi connectivity index (χ1) is 7.85. The number of nitrogens with one attached hydrogen (secondary N) is 1. The summed E-state index contributed by atoms with van der Waals surface area (Å²) in [7, 11) is 0. The summed E-state index contributed by atoms with van der Waals surface area (Å²) < 4.78 is 0. The Labute approximate surface area is 97.3 Å². The van der Waals surface area contributed by atoms with Crippen molar-refractivity contribution in [2.45, 2.75) is 44.7 Å². The van der Waals surface area contributed by atoms with Crippen LogP contribution in [0.1, 0.15) is 43.4 Å². The number of hydrogen-bond acceptors (Lipinski definition) is 2. The topological polar surface area (TPSA) is 35.8 Å². The number of fused-ring (bicyclic) bond motifs is 1. The molecule has 0 saturated heterocycles. The van der Waals surface area contributed by atoms with Crippen LogP contribution in [0.2, 0.25) is 0 Å². The van der Waals surface area contributed by atoms with Gasteiger partial charge >= 0.3 is 0 Å². The van der Waals surface area contributed by atoms with E-state index in [1.54, 1.807) is 0 Å². The molecule has 0 fully saturated rings. The van der Waals surface area contributed by atoms with Gasteiger partial charge in [0.05, 0.1) is 12.1 Å². The van der Waals surface area contributed by atoms with Crippen molar-refractivity contribution in [1.29, 1.82) is 5.26 Å². The first kappa shape index (κ1) is 11.2. The van der Waals surface area contributed by atoms with E-state index in [0.29, 0.717) is 6.04 Å². The fourth-order valence-electron chi connectivity index (χ4n) is 2.42. The number of aryl methyl sites for hydroxylation is 1. The van der Waals surface area contributed by atoms with Gasteiger partial charge in [-0.05, 0) is 36.8 Å². The summed E-state index contributed by atoms with van der Waals surface area (Å²) in [5.41, 5.74) is 2.83. The van der Waals surface area contributed by atoms with Gasteiger partial charge in [0.15, 0.2) is 0 Å². The summed E-state index contributed by atoms with van der Waals surface area (Å²) in [5, 5.41) is 12.4. The molecule has 0 bridgehead atoms. The average Bonchev–Trinajstić information content (AvgIpc) is 2.36. The van der Waals surface area contributed by atoms with Crippen LogP contribution in [-0.4, -0.2) is 6.04 Å². The Morgan fingerprint density at radius 1 is 1.50 bits per heavy atom. The van der Waals surface area contributed by atoms with Gasteiger partial charge in [-0.3, -0.25) is 5.32 Å². The molecule has 2 unspecified atom stereocenters. The molecule has 16 heavy (non-hydrogen) atoms. The first-order valence-electron chi connectivity index (χ1n) is 6.08. The zero-order chi connectivity index (χ0) is 11.4. The summed E-state index contributed by atoms with van der Waals surface area (Å²) in [4.78, 5) is 0. The molecule has 84 valence electrons. The average molecular weight is 214 g/mol. The van der Waals surface area contributed by atoms with Gasteiger partial charge in [0.25, 0.3) is 0 Å². The van der Waals surface area contributed by atoms with E-state index in [1.165, 1.54) is 24.0 Å². The zero-order valence-electron chi connectivity index (χ0n) is 9.74. The third-order valence-corrected chi connectivity index (χ3v) is 3.34. The van der Waals surface area contributed by atoms with E-state index in [0.717, 1.165) is 12.8 Å². The van der Waals surface area contributed by atoms with Gasteiger partial charge in [-0.15, -0.1) is 0 Å². The van der Waals surface area contributed by atoms with E-state index in [2.05, 4.69) is 42.6 Å². The fourth-order valence-corrected chi connectivity index (χ4v) is 2.42. The quantitative estimate of drug-likeness (QED) is 0.839. The van der Waals surface area contributed by atoms with Gasteiger partial charge in [0, 0.05) is 6.04 Å². The molecule has 2 atom stereocenters. The summed E-state index contributed by atoms with van der Waals surface area (Å²) in [5.74, 6) is 0. The maximum Gasteiger partial charge on any atom is 0.0955 e. The van der Waals surface area contributed by atoms with Crippen molar-refractivity contribution in [3.63, 3.8) is 0 Å². The van der Waals surface area contributed by atoms with E-state index in [1.807, 2.05) is 0 Å². The molecule has 1 aromatic rings. The molecule has 0 saturated carbocycles. The van der Waals surface area contributed by atoms with Crippen LogP contribution in [0.3, 0.4) is 0 Å². The molecule has 2 heteroatoms. The van der Waals surface area contributed by atoms with Crippen LogP contribution in [0.15, 0.2) is 24.3 Å². The van der Waals surface area contributed by atoms with Gasteiger partial charge in [0.1, 0.15) is 0 Å². The normalized spacial score (nSPS) is 20.9. The Bertz CT molecular complexity index is 392. The molecule has 0 radical (unpaired) electrons. The maximum absolute atomic E-state index is 8.99. The second kappa shape index (κ2) is 5.14. The molecule has 2 nitrogen and oxygen atoms in total. The molecule has 0 aliphatic heterocycles. The van der Waals surface area contributed by atoms with Crippen molar-refractivity contribution in [2.75, 3.05) is 0 Å². The molecule has 1 N–H and O–H groups in total. The van der Waals surface area contributed by atoms with E-state index in [9.17, 15) is 0 Å². The molecule has 2 rings (SSSR count). The number of rotatable bonds is 3. The predicted octanol–water partition coefficient (Wildman–Crippen LogP) is 2.96. The Morgan fingerprint density at radius 2 is 2.31 bits per heavy atom. The zero-order valence-corrected chi connectivity index (χ0v) is 9.74. The Morgan fingerprint density at radius 3 is 3.06 bits per heavy atom. The van der Waals surface area contributed by atoms with E-state index in [4.69, 9.17) is 5.26 Å². The monoisotopic (exact) mass is 214 g/mol. The molecule has 1 aromatic carbocycles. The number of benzene rings is 1. The second-order valence-electron chi connectivity index (χ2n) is 4.40. The van der Waals surface area contributed by atoms with Crippen LogP contribution in [-0.2, 0) is 6.42 Å². The van der Waals surface area contributed by atoms with Gasteiger partial charge < -0.3 is 0 Å². The number of nitriles is 1. The number of hydrogen-bond donors (Lipinski definition) is 1. The summed E-state index contributed by atoms with van der Waals surface area (Å²) in [6.45, 7) is 2.05. The third kappa shape index (κ3) is 2.25. The van der Waals surface area contributed by atoms with Gasteiger partial charge in [-0.1, -0.05) is 31.2 Å². The van der Waals surface area contributed by atoms with Crippen LogP contribution >= 0.6 is 0 Å². The van der Waals surface area contributed by atoms with Crippen molar-refractivity contribution in [3.05, 3.63) is 35.4 Å². The van der Waals surface area contributed by atoms with Crippen LogP contribution in [0, 0.1) is 11.3 Å². The van der Waals surface area contributed by atoms with E-state index in [-0.39, 0.29) is 6.04 Å². The lowest BCUT2D eigenvalue weighted by Gasteiger charge is -2.28. The minimum Gasteiger partial charge on any atom is -0.295 e. The highest BCUT2D eigenvalue weighted by molar-refractivity contribution is 5.32. The third-order valence-electron chi connectivity index (χ3n) is 3.34. The Hall–Kier alpha value is -1.33. The van der Waals surface area contributed by atoms with Crippen molar-refractivity contribution in [3.8, 4) is 6.07 Å². The highest BCUT2D eigenvalue weighted by Gasteiger charge is 2.21. The molecule has 1 aliphatic rings. The van der Waals surface area contributed by atoms with Gasteiger partial charge in [0.2, 0.25) is 0 Å². The molecule has 0 amide bonds. The largest absolute Gasteiger partial charge is 0.295 e. The van der Waals surface area contributed by atoms with Crippen molar-refractivity contribution >= 4 is 0 Å². The van der Waals surface area contributed by atoms with E-state index >= 15 is 0 Å². The van der Waals surface area contributed by atoms with Crippen molar-refractivity contribution in [1.82, 2.24) is 5.32 Å². The standard InChI is InChI=1S/C14H18N2/c1-2-12(10-15)16-14-9-5-7-11-6-3-4-8-13(11)14/h3-4,6,8,12,14,16H,2,5,7,9H2,1H3. The highest BCUT2D eigenvalue weighted by Crippen LogP contribution is 2.29. The van der Waals surface area contributed by atoms with E-state index < -0.39 is 0 Å². The van der Waals surface area contributed by atoms with Crippen molar-refractivity contribution in [2.24, 2.45) is 0 Å². The van der Waals surface area contributed by atoms with Gasteiger partial charge in [-0.25, -0.2) is 0 Å². The van der Waals surface area contributed by atoms with Crippen LogP contribution in [0.4, 0.5) is 0 Å². The summed E-state index contributed by atoms with van der Waals surface area (Å²) in [6, 6.07) is 11.3. The van der Waals surface area contributed by atoms with Gasteiger partial charge in [-0.2, -0.15) is 5.26 Å². The maximum atomic E-state index is 8.99. The molecule has 0 heterocycles. The minimum atomic E-state index is -0.0174. The Balaban J connectivity index is 2.16. The lowest BCUT2D eigenvalue weighted by Crippen LogP contribution is -2.33. The lowest BCUT2D eigenvalue weighted by molar-refractivity contribution is 0.426. The smallest absolute Gasteiger partial charge is 0.0955 e.